The summed E-state index contributed by atoms with van der Waals surface area (Å²) in [5, 5.41) is 0. The number of alkyl halides is 3. The van der Waals surface area contributed by atoms with Gasteiger partial charge in [-0.25, -0.2) is 9.13 Å². The second kappa shape index (κ2) is 2.88. The SMILES string of the molecule is Cc1ccc2c(c1)C(F)OC(F)(F)O2. The molecule has 1 aromatic rings. The molecule has 0 saturated heterocycles. The molecule has 1 aliphatic heterocycles. The summed E-state index contributed by atoms with van der Waals surface area (Å²) in [6, 6.07) is 4.27. The van der Waals surface area contributed by atoms with Crippen molar-refractivity contribution >= 4 is 0 Å². The van der Waals surface area contributed by atoms with E-state index in [1.165, 1.54) is 12.1 Å². The van der Waals surface area contributed by atoms with E-state index >= 15 is 0 Å². The highest BCUT2D eigenvalue weighted by Gasteiger charge is 2.43. The van der Waals surface area contributed by atoms with Crippen molar-refractivity contribution in [3.8, 4) is 5.75 Å². The lowest BCUT2D eigenvalue weighted by molar-refractivity contribution is -0.398. The van der Waals surface area contributed by atoms with E-state index in [1.807, 2.05) is 0 Å². The first-order valence-electron chi connectivity index (χ1n) is 3.97. The maximum atomic E-state index is 13.1. The highest BCUT2D eigenvalue weighted by molar-refractivity contribution is 5.38. The Balaban J connectivity index is 2.45. The molecular formula is C9H7F3O2. The minimum Gasteiger partial charge on any atom is -0.409 e. The van der Waals surface area contributed by atoms with E-state index in [4.69, 9.17) is 0 Å². The van der Waals surface area contributed by atoms with Crippen molar-refractivity contribution < 1.29 is 22.6 Å². The highest BCUT2D eigenvalue weighted by atomic mass is 19.3. The van der Waals surface area contributed by atoms with Gasteiger partial charge in [-0.15, -0.1) is 8.78 Å². The van der Waals surface area contributed by atoms with Gasteiger partial charge in [0.05, 0.1) is 5.56 Å². The van der Waals surface area contributed by atoms with Crippen LogP contribution in [0.25, 0.3) is 0 Å². The van der Waals surface area contributed by atoms with Crippen LogP contribution >= 0.6 is 0 Å². The van der Waals surface area contributed by atoms with Crippen molar-refractivity contribution in [2.24, 2.45) is 0 Å². The van der Waals surface area contributed by atoms with Gasteiger partial charge in [0.2, 0.25) is 6.36 Å². The van der Waals surface area contributed by atoms with Crippen LogP contribution in [0.2, 0.25) is 0 Å². The van der Waals surface area contributed by atoms with Gasteiger partial charge in [-0.1, -0.05) is 11.6 Å². The first kappa shape index (κ1) is 9.33. The molecule has 1 heterocycles. The molecule has 0 bridgehead atoms. The van der Waals surface area contributed by atoms with Crippen LogP contribution in [-0.4, -0.2) is 6.29 Å². The number of rotatable bonds is 0. The molecule has 0 amide bonds. The van der Waals surface area contributed by atoms with E-state index in [-0.39, 0.29) is 11.3 Å². The molecule has 1 aliphatic rings. The van der Waals surface area contributed by atoms with Gasteiger partial charge in [0, 0.05) is 0 Å². The molecule has 2 rings (SSSR count). The lowest BCUT2D eigenvalue weighted by Gasteiger charge is -2.27. The molecular weight excluding hydrogens is 197 g/mol. The summed E-state index contributed by atoms with van der Waals surface area (Å²) in [4.78, 5) is 0. The summed E-state index contributed by atoms with van der Waals surface area (Å²) in [5.41, 5.74) is 0.750. The normalized spacial score (nSPS) is 23.9. The van der Waals surface area contributed by atoms with Gasteiger partial charge >= 0.3 is 6.29 Å². The molecule has 1 unspecified atom stereocenters. The van der Waals surface area contributed by atoms with Crippen LogP contribution in [0.4, 0.5) is 13.2 Å². The molecule has 1 aromatic carbocycles. The Morgan fingerprint density at radius 2 is 2.07 bits per heavy atom. The molecule has 0 aliphatic carbocycles. The van der Waals surface area contributed by atoms with Crippen LogP contribution < -0.4 is 4.74 Å². The largest absolute Gasteiger partial charge is 0.538 e. The third kappa shape index (κ3) is 1.55. The summed E-state index contributed by atoms with van der Waals surface area (Å²) in [6.07, 6.45) is -6.03. The minimum atomic E-state index is -3.89. The zero-order valence-corrected chi connectivity index (χ0v) is 7.26. The summed E-state index contributed by atoms with van der Waals surface area (Å²) in [5.74, 6) is -0.181. The molecule has 76 valence electrons. The Bertz CT molecular complexity index is 365. The second-order valence-electron chi connectivity index (χ2n) is 3.04. The third-order valence-corrected chi connectivity index (χ3v) is 1.88. The smallest absolute Gasteiger partial charge is 0.409 e. The van der Waals surface area contributed by atoms with Gasteiger partial charge in [0.15, 0.2) is 0 Å². The van der Waals surface area contributed by atoms with E-state index in [9.17, 15) is 13.2 Å². The average Bonchev–Trinajstić information content (AvgIpc) is 2.05. The lowest BCUT2D eigenvalue weighted by Crippen LogP contribution is -2.33. The number of halogens is 3. The number of hydrogen-bond donors (Lipinski definition) is 0. The standard InChI is InChI=1S/C9H7F3O2/c1-5-2-3-7-6(4-5)8(10)14-9(11,12)13-7/h2-4,8H,1H3. The Morgan fingerprint density at radius 3 is 2.79 bits per heavy atom. The van der Waals surface area contributed by atoms with Crippen LogP contribution in [0.15, 0.2) is 18.2 Å². The third-order valence-electron chi connectivity index (χ3n) is 1.88. The number of benzene rings is 1. The van der Waals surface area contributed by atoms with Gasteiger partial charge in [-0.3, -0.25) is 0 Å². The lowest BCUT2D eigenvalue weighted by atomic mass is 10.1. The van der Waals surface area contributed by atoms with E-state index in [0.29, 0.717) is 0 Å². The molecule has 0 spiro atoms. The van der Waals surface area contributed by atoms with Gasteiger partial charge in [0.25, 0.3) is 0 Å². The van der Waals surface area contributed by atoms with Crippen molar-refractivity contribution in [2.75, 3.05) is 0 Å². The van der Waals surface area contributed by atoms with Crippen molar-refractivity contribution in [3.63, 3.8) is 0 Å². The van der Waals surface area contributed by atoms with E-state index in [0.717, 1.165) is 5.56 Å². The van der Waals surface area contributed by atoms with Gasteiger partial charge in [0.1, 0.15) is 5.75 Å². The second-order valence-corrected chi connectivity index (χ2v) is 3.04. The van der Waals surface area contributed by atoms with E-state index in [1.54, 1.807) is 13.0 Å². The van der Waals surface area contributed by atoms with Crippen molar-refractivity contribution in [1.82, 2.24) is 0 Å². The Kier molecular flexibility index (Phi) is 1.92. The van der Waals surface area contributed by atoms with Crippen LogP contribution in [0.5, 0.6) is 5.75 Å². The summed E-state index contributed by atoms with van der Waals surface area (Å²) < 4.78 is 46.1. The molecule has 0 N–H and O–H groups in total. The van der Waals surface area contributed by atoms with Crippen LogP contribution in [0.1, 0.15) is 17.5 Å². The van der Waals surface area contributed by atoms with Gasteiger partial charge in [-0.05, 0) is 19.1 Å². The Hall–Kier alpha value is -1.23. The predicted octanol–water partition coefficient (Wildman–Crippen LogP) is 2.92. The number of aryl methyl sites for hydroxylation is 1. The van der Waals surface area contributed by atoms with Crippen molar-refractivity contribution in [1.29, 1.82) is 0 Å². The van der Waals surface area contributed by atoms with Crippen molar-refractivity contribution in [2.45, 2.75) is 19.6 Å². The van der Waals surface area contributed by atoms with E-state index in [2.05, 4.69) is 9.47 Å². The summed E-state index contributed by atoms with van der Waals surface area (Å²) in [7, 11) is 0. The molecule has 0 aromatic heterocycles. The quantitative estimate of drug-likeness (QED) is 0.646. The number of hydrogen-bond acceptors (Lipinski definition) is 2. The molecule has 5 heteroatoms. The maximum Gasteiger partial charge on any atom is 0.538 e. The molecule has 2 nitrogen and oxygen atoms in total. The zero-order chi connectivity index (χ0) is 10.3. The maximum absolute atomic E-state index is 13.1. The number of ether oxygens (including phenoxy) is 2. The first-order valence-corrected chi connectivity index (χ1v) is 3.97. The van der Waals surface area contributed by atoms with E-state index < -0.39 is 12.7 Å². The predicted molar refractivity (Wildman–Crippen MR) is 41.7 cm³/mol. The Labute approximate surface area is 78.2 Å². The van der Waals surface area contributed by atoms with Crippen LogP contribution in [-0.2, 0) is 4.74 Å². The minimum absolute atomic E-state index is 0.00377. The highest BCUT2D eigenvalue weighted by Crippen LogP contribution is 2.41. The molecule has 0 saturated carbocycles. The topological polar surface area (TPSA) is 18.5 Å². The fourth-order valence-corrected chi connectivity index (χ4v) is 1.27. The van der Waals surface area contributed by atoms with Crippen molar-refractivity contribution in [3.05, 3.63) is 29.3 Å². The summed E-state index contributed by atoms with van der Waals surface area (Å²) in [6.45, 7) is 1.72. The fourth-order valence-electron chi connectivity index (χ4n) is 1.27. The zero-order valence-electron chi connectivity index (χ0n) is 7.26. The Morgan fingerprint density at radius 1 is 1.36 bits per heavy atom. The summed E-state index contributed by atoms with van der Waals surface area (Å²) >= 11 is 0. The van der Waals surface area contributed by atoms with Gasteiger partial charge in [-0.2, -0.15) is 0 Å². The molecule has 1 atom stereocenters. The fraction of sp³-hybridized carbons (Fsp3) is 0.333. The average molecular weight is 204 g/mol. The molecule has 0 radical (unpaired) electrons. The number of fused-ring (bicyclic) bond motifs is 1. The molecule has 0 fully saturated rings. The van der Waals surface area contributed by atoms with Gasteiger partial charge < -0.3 is 4.74 Å². The first-order chi connectivity index (χ1) is 6.48. The molecule has 14 heavy (non-hydrogen) atoms. The van der Waals surface area contributed by atoms with Crippen LogP contribution in [0, 0.1) is 6.92 Å². The monoisotopic (exact) mass is 204 g/mol. The van der Waals surface area contributed by atoms with Crippen LogP contribution in [0.3, 0.4) is 0 Å².